The molecule has 2 aromatic rings. The van der Waals surface area contributed by atoms with Crippen molar-refractivity contribution >= 4 is 34.6 Å². The molecule has 0 spiro atoms. The minimum atomic E-state index is -1.40. The van der Waals surface area contributed by atoms with Gasteiger partial charge in [-0.05, 0) is 24.3 Å². The van der Waals surface area contributed by atoms with E-state index in [2.05, 4.69) is 5.32 Å². The molecule has 0 aliphatic heterocycles. The summed E-state index contributed by atoms with van der Waals surface area (Å²) in [7, 11) is 0. The fourth-order valence-electron chi connectivity index (χ4n) is 1.86. The topological polar surface area (TPSA) is 116 Å². The third-order valence-corrected chi connectivity index (χ3v) is 3.12. The molecule has 0 aliphatic carbocycles. The molecule has 0 radical (unpaired) electrons. The lowest BCUT2D eigenvalue weighted by atomic mass is 10.1. The first kappa shape index (κ1) is 15.3. The zero-order valence-corrected chi connectivity index (χ0v) is 11.7. The average molecular weight is 318 g/mol. The van der Waals surface area contributed by atoms with E-state index in [0.29, 0.717) is 11.3 Å². The molecule has 0 atom stereocenters. The number of carboxylic acid groups (broad SMARTS) is 1. The highest BCUT2D eigenvalue weighted by molar-refractivity contribution is 6.34. The van der Waals surface area contributed by atoms with E-state index in [1.165, 1.54) is 6.07 Å². The van der Waals surface area contributed by atoms with Gasteiger partial charge in [-0.1, -0.05) is 17.7 Å². The van der Waals surface area contributed by atoms with Gasteiger partial charge in [-0.3, -0.25) is 10.1 Å². The summed E-state index contributed by atoms with van der Waals surface area (Å²) in [4.78, 5) is 21.7. The first-order valence-electron chi connectivity index (χ1n) is 5.91. The summed E-state index contributed by atoms with van der Waals surface area (Å²) in [6.45, 7) is 0. The number of nitro groups is 1. The maximum atomic E-state index is 11.3. The quantitative estimate of drug-likeness (QED) is 0.657. The molecule has 0 saturated heterocycles. The smallest absolute Gasteiger partial charge is 0.339 e. The van der Waals surface area contributed by atoms with Gasteiger partial charge >= 0.3 is 5.97 Å². The van der Waals surface area contributed by atoms with Gasteiger partial charge in [-0.2, -0.15) is 5.26 Å². The van der Waals surface area contributed by atoms with Crippen molar-refractivity contribution in [2.24, 2.45) is 0 Å². The van der Waals surface area contributed by atoms with E-state index in [0.717, 1.165) is 12.1 Å². The van der Waals surface area contributed by atoms with Crippen molar-refractivity contribution in [3.05, 3.63) is 62.7 Å². The summed E-state index contributed by atoms with van der Waals surface area (Å²) in [5.41, 5.74) is -0.402. The lowest BCUT2D eigenvalue weighted by Crippen LogP contribution is -2.07. The number of aromatic carboxylic acids is 1. The van der Waals surface area contributed by atoms with Crippen LogP contribution >= 0.6 is 11.6 Å². The highest BCUT2D eigenvalue weighted by atomic mass is 35.5. The highest BCUT2D eigenvalue weighted by Gasteiger charge is 2.24. The molecule has 0 amide bonds. The summed E-state index contributed by atoms with van der Waals surface area (Å²) >= 11 is 5.83. The molecule has 2 N–H and O–H groups in total. The Labute approximate surface area is 129 Å². The van der Waals surface area contributed by atoms with E-state index in [1.54, 1.807) is 18.2 Å². The van der Waals surface area contributed by atoms with Crippen LogP contribution in [0.3, 0.4) is 0 Å². The Kier molecular flexibility index (Phi) is 4.25. The number of nitrogens with one attached hydrogen (secondary N) is 1. The number of nitrogens with zero attached hydrogens (tertiary/aromatic N) is 2. The first-order chi connectivity index (χ1) is 10.4. The van der Waals surface area contributed by atoms with E-state index in [4.69, 9.17) is 16.9 Å². The Morgan fingerprint density at radius 1 is 1.36 bits per heavy atom. The normalized spacial score (nSPS) is 9.82. The van der Waals surface area contributed by atoms with Gasteiger partial charge < -0.3 is 10.4 Å². The van der Waals surface area contributed by atoms with Crippen molar-refractivity contribution in [2.75, 3.05) is 5.32 Å². The molecule has 2 aromatic carbocycles. The number of hydrogen-bond acceptors (Lipinski definition) is 5. The van der Waals surface area contributed by atoms with Crippen LogP contribution in [0.5, 0.6) is 0 Å². The van der Waals surface area contributed by atoms with Gasteiger partial charge in [0.05, 0.1) is 21.6 Å². The molecule has 0 bridgehead atoms. The number of carbonyl (C=O) groups is 1. The van der Waals surface area contributed by atoms with E-state index in [-0.39, 0.29) is 10.7 Å². The van der Waals surface area contributed by atoms with Crippen LogP contribution in [0.2, 0.25) is 5.02 Å². The van der Waals surface area contributed by atoms with Crippen LogP contribution in [0, 0.1) is 21.4 Å². The number of hydrogen-bond donors (Lipinski definition) is 2. The van der Waals surface area contributed by atoms with Gasteiger partial charge in [-0.25, -0.2) is 4.79 Å². The van der Waals surface area contributed by atoms with Gasteiger partial charge in [0.1, 0.15) is 11.3 Å². The van der Waals surface area contributed by atoms with E-state index in [1.807, 2.05) is 6.07 Å². The van der Waals surface area contributed by atoms with Crippen LogP contribution < -0.4 is 5.32 Å². The van der Waals surface area contributed by atoms with Crippen molar-refractivity contribution < 1.29 is 14.8 Å². The van der Waals surface area contributed by atoms with Crippen molar-refractivity contribution in [2.45, 2.75) is 0 Å². The lowest BCUT2D eigenvalue weighted by Gasteiger charge is -2.11. The standard InChI is InChI=1S/C14H8ClN3O4/c15-10-4-5-11(18(21)22)13(12(10)14(19)20)17-9-3-1-2-8(6-9)7-16/h1-6,17H,(H,19,20). The average Bonchev–Trinajstić information content (AvgIpc) is 2.46. The Morgan fingerprint density at radius 3 is 2.68 bits per heavy atom. The molecular formula is C14H8ClN3O4. The van der Waals surface area contributed by atoms with Gasteiger partial charge in [0, 0.05) is 11.8 Å². The summed E-state index contributed by atoms with van der Waals surface area (Å²) < 4.78 is 0. The van der Waals surface area contributed by atoms with Crippen LogP contribution in [0.4, 0.5) is 17.1 Å². The number of carboxylic acids is 1. The zero-order valence-electron chi connectivity index (χ0n) is 10.9. The van der Waals surface area contributed by atoms with Crippen LogP contribution in [0.1, 0.15) is 15.9 Å². The zero-order chi connectivity index (χ0) is 16.3. The Bertz CT molecular complexity index is 814. The van der Waals surface area contributed by atoms with Gasteiger partial charge in [0.25, 0.3) is 5.69 Å². The summed E-state index contributed by atoms with van der Waals surface area (Å²) in [6.07, 6.45) is 0. The number of anilines is 2. The summed E-state index contributed by atoms with van der Waals surface area (Å²) in [5, 5.41) is 31.7. The molecule has 110 valence electrons. The van der Waals surface area contributed by atoms with Gasteiger partial charge in [-0.15, -0.1) is 0 Å². The molecule has 0 unspecified atom stereocenters. The number of nitro benzene ring substituents is 1. The summed E-state index contributed by atoms with van der Waals surface area (Å²) in [6, 6.07) is 10.3. The second-order valence-corrected chi connectivity index (χ2v) is 4.60. The van der Waals surface area contributed by atoms with E-state index >= 15 is 0 Å². The monoisotopic (exact) mass is 317 g/mol. The largest absolute Gasteiger partial charge is 0.478 e. The molecule has 0 saturated carbocycles. The second kappa shape index (κ2) is 6.11. The summed E-state index contributed by atoms with van der Waals surface area (Å²) in [5.74, 6) is -1.40. The highest BCUT2D eigenvalue weighted by Crippen LogP contribution is 2.35. The minimum absolute atomic E-state index is 0.128. The second-order valence-electron chi connectivity index (χ2n) is 4.20. The van der Waals surface area contributed by atoms with Crippen LogP contribution in [-0.2, 0) is 0 Å². The molecule has 0 aromatic heterocycles. The maximum Gasteiger partial charge on any atom is 0.339 e. The Morgan fingerprint density at radius 2 is 2.09 bits per heavy atom. The van der Waals surface area contributed by atoms with Crippen molar-refractivity contribution in [1.29, 1.82) is 5.26 Å². The number of halogens is 1. The molecule has 8 heteroatoms. The maximum absolute atomic E-state index is 11.3. The molecule has 0 aliphatic rings. The molecule has 2 rings (SSSR count). The number of benzene rings is 2. The van der Waals surface area contributed by atoms with E-state index < -0.39 is 22.1 Å². The molecule has 0 fully saturated rings. The third-order valence-electron chi connectivity index (χ3n) is 2.80. The predicted molar refractivity (Wildman–Crippen MR) is 79.5 cm³/mol. The van der Waals surface area contributed by atoms with E-state index in [9.17, 15) is 20.0 Å². The van der Waals surface area contributed by atoms with Crippen molar-refractivity contribution in [3.63, 3.8) is 0 Å². The molecular weight excluding hydrogens is 310 g/mol. The molecule has 22 heavy (non-hydrogen) atoms. The van der Waals surface area contributed by atoms with Crippen LogP contribution in [0.15, 0.2) is 36.4 Å². The molecule has 7 nitrogen and oxygen atoms in total. The SMILES string of the molecule is N#Cc1cccc(Nc2c([N+](=O)[O-])ccc(Cl)c2C(=O)O)c1. The number of rotatable bonds is 4. The van der Waals surface area contributed by atoms with Crippen molar-refractivity contribution in [1.82, 2.24) is 0 Å². The number of nitriles is 1. The first-order valence-corrected chi connectivity index (χ1v) is 6.29. The molecule has 0 heterocycles. The Hall–Kier alpha value is -3.11. The fourth-order valence-corrected chi connectivity index (χ4v) is 2.10. The Balaban J connectivity index is 2.61. The lowest BCUT2D eigenvalue weighted by molar-refractivity contribution is -0.383. The van der Waals surface area contributed by atoms with Gasteiger partial charge in [0.15, 0.2) is 0 Å². The van der Waals surface area contributed by atoms with Crippen LogP contribution in [0.25, 0.3) is 0 Å². The minimum Gasteiger partial charge on any atom is -0.478 e. The fraction of sp³-hybridized carbons (Fsp3) is 0. The van der Waals surface area contributed by atoms with Crippen molar-refractivity contribution in [3.8, 4) is 6.07 Å². The third kappa shape index (κ3) is 2.97. The van der Waals surface area contributed by atoms with Gasteiger partial charge in [0.2, 0.25) is 0 Å². The predicted octanol–water partition coefficient (Wildman–Crippen LogP) is 3.56. The van der Waals surface area contributed by atoms with Crippen LogP contribution in [-0.4, -0.2) is 16.0 Å².